The summed E-state index contributed by atoms with van der Waals surface area (Å²) in [6, 6.07) is 0. The maximum Gasteiger partial charge on any atom is 0.208 e. The highest BCUT2D eigenvalue weighted by molar-refractivity contribution is 7.88. The molecule has 14 heavy (non-hydrogen) atoms. The summed E-state index contributed by atoms with van der Waals surface area (Å²) in [7, 11) is -3.08. The Morgan fingerprint density at radius 3 is 2.86 bits per heavy atom. The van der Waals surface area contributed by atoms with E-state index in [4.69, 9.17) is 0 Å². The van der Waals surface area contributed by atoms with Crippen molar-refractivity contribution in [1.82, 2.24) is 15.2 Å². The van der Waals surface area contributed by atoms with Gasteiger partial charge in [-0.25, -0.2) is 13.1 Å². The fourth-order valence-electron chi connectivity index (χ4n) is 0.872. The van der Waals surface area contributed by atoms with Crippen LogP contribution in [-0.4, -0.2) is 32.9 Å². The molecular weight excluding hydrogens is 206 g/mol. The van der Waals surface area contributed by atoms with Gasteiger partial charge in [0.1, 0.15) is 6.26 Å². The molecule has 6 nitrogen and oxygen atoms in total. The topological polar surface area (TPSA) is 84.2 Å². The highest BCUT2D eigenvalue weighted by Gasteiger charge is 1.98. The molecule has 0 saturated heterocycles. The van der Waals surface area contributed by atoms with Crippen molar-refractivity contribution >= 4 is 10.0 Å². The minimum absolute atomic E-state index is 0.379. The Morgan fingerprint density at radius 1 is 1.50 bits per heavy atom. The molecule has 0 unspecified atom stereocenters. The van der Waals surface area contributed by atoms with Gasteiger partial charge in [0.2, 0.25) is 10.0 Å². The van der Waals surface area contributed by atoms with Gasteiger partial charge in [-0.05, 0) is 0 Å². The number of aromatic nitrogens is 1. The van der Waals surface area contributed by atoms with E-state index in [1.165, 1.54) is 6.26 Å². The first-order valence-electron chi connectivity index (χ1n) is 4.11. The molecule has 1 rings (SSSR count). The van der Waals surface area contributed by atoms with Crippen molar-refractivity contribution in [1.29, 1.82) is 0 Å². The summed E-state index contributed by atoms with van der Waals surface area (Å²) in [4.78, 5) is 0. The monoisotopic (exact) mass is 219 g/mol. The molecule has 0 spiro atoms. The van der Waals surface area contributed by atoms with Crippen LogP contribution in [0, 0.1) is 0 Å². The smallest absolute Gasteiger partial charge is 0.208 e. The lowest BCUT2D eigenvalue weighted by Gasteiger charge is -2.02. The Morgan fingerprint density at radius 2 is 2.29 bits per heavy atom. The average Bonchev–Trinajstić information content (AvgIpc) is 2.54. The molecule has 80 valence electrons. The van der Waals surface area contributed by atoms with E-state index >= 15 is 0 Å². The van der Waals surface area contributed by atoms with Gasteiger partial charge in [0.25, 0.3) is 0 Å². The van der Waals surface area contributed by atoms with Gasteiger partial charge in [0.15, 0.2) is 0 Å². The highest BCUT2D eigenvalue weighted by Crippen LogP contribution is 1.93. The number of rotatable bonds is 6. The predicted molar refractivity (Wildman–Crippen MR) is 51.1 cm³/mol. The summed E-state index contributed by atoms with van der Waals surface area (Å²) < 4.78 is 28.3. The number of hydrogen-bond acceptors (Lipinski definition) is 5. The van der Waals surface area contributed by atoms with Gasteiger partial charge < -0.3 is 9.84 Å². The molecule has 1 heterocycles. The average molecular weight is 219 g/mol. The summed E-state index contributed by atoms with van der Waals surface area (Å²) in [5, 5.41) is 6.57. The van der Waals surface area contributed by atoms with E-state index in [9.17, 15) is 8.42 Å². The first-order chi connectivity index (χ1) is 6.58. The summed E-state index contributed by atoms with van der Waals surface area (Å²) >= 11 is 0. The number of nitrogens with zero attached hydrogens (tertiary/aromatic N) is 1. The Labute approximate surface area is 82.7 Å². The lowest BCUT2D eigenvalue weighted by atomic mass is 10.4. The summed E-state index contributed by atoms with van der Waals surface area (Å²) in [5.41, 5.74) is 0.935. The van der Waals surface area contributed by atoms with Crippen LogP contribution in [0.1, 0.15) is 5.56 Å². The second-order valence-corrected chi connectivity index (χ2v) is 4.71. The van der Waals surface area contributed by atoms with E-state index in [2.05, 4.69) is 19.7 Å². The van der Waals surface area contributed by atoms with Crippen molar-refractivity contribution in [3.63, 3.8) is 0 Å². The van der Waals surface area contributed by atoms with Crippen LogP contribution in [0.5, 0.6) is 0 Å². The second-order valence-electron chi connectivity index (χ2n) is 2.88. The van der Waals surface area contributed by atoms with Crippen LogP contribution in [0.25, 0.3) is 0 Å². The SMILES string of the molecule is CS(=O)(=O)NCCNCc1cnoc1. The number of hydrogen-bond donors (Lipinski definition) is 2. The fourth-order valence-corrected chi connectivity index (χ4v) is 1.34. The molecule has 7 heteroatoms. The summed E-state index contributed by atoms with van der Waals surface area (Å²) in [5.74, 6) is 0. The second kappa shape index (κ2) is 5.08. The zero-order valence-electron chi connectivity index (χ0n) is 7.86. The van der Waals surface area contributed by atoms with Crippen molar-refractivity contribution in [2.45, 2.75) is 6.54 Å². The number of nitrogens with one attached hydrogen (secondary N) is 2. The third-order valence-electron chi connectivity index (χ3n) is 1.48. The zero-order chi connectivity index (χ0) is 10.4. The molecule has 0 fully saturated rings. The summed E-state index contributed by atoms with van der Waals surface area (Å²) in [6.45, 7) is 1.57. The predicted octanol–water partition coefficient (Wildman–Crippen LogP) is -0.687. The molecule has 2 N–H and O–H groups in total. The van der Waals surface area contributed by atoms with Crippen molar-refractivity contribution in [3.8, 4) is 0 Å². The van der Waals surface area contributed by atoms with Crippen LogP contribution in [0.3, 0.4) is 0 Å². The molecule has 1 aromatic rings. The Bertz CT molecular complexity index is 346. The van der Waals surface area contributed by atoms with Crippen molar-refractivity contribution < 1.29 is 12.9 Å². The van der Waals surface area contributed by atoms with Gasteiger partial charge in [-0.2, -0.15) is 0 Å². The lowest BCUT2D eigenvalue weighted by Crippen LogP contribution is -2.30. The highest BCUT2D eigenvalue weighted by atomic mass is 32.2. The Balaban J connectivity index is 2.06. The first-order valence-corrected chi connectivity index (χ1v) is 6.01. The van der Waals surface area contributed by atoms with E-state index in [1.807, 2.05) is 0 Å². The molecule has 0 aliphatic rings. The van der Waals surface area contributed by atoms with E-state index in [0.29, 0.717) is 19.6 Å². The third kappa shape index (κ3) is 4.95. The minimum atomic E-state index is -3.08. The minimum Gasteiger partial charge on any atom is -0.364 e. The summed E-state index contributed by atoms with van der Waals surface area (Å²) in [6.07, 6.45) is 4.28. The molecular formula is C7H13N3O3S. The van der Waals surface area contributed by atoms with Gasteiger partial charge >= 0.3 is 0 Å². The van der Waals surface area contributed by atoms with E-state index in [1.54, 1.807) is 6.20 Å². The van der Waals surface area contributed by atoms with E-state index in [-0.39, 0.29) is 0 Å². The molecule has 0 saturated carbocycles. The van der Waals surface area contributed by atoms with Crippen LogP contribution in [-0.2, 0) is 16.6 Å². The molecule has 0 aliphatic carbocycles. The molecule has 1 aromatic heterocycles. The molecule has 0 amide bonds. The third-order valence-corrected chi connectivity index (χ3v) is 2.21. The van der Waals surface area contributed by atoms with Gasteiger partial charge in [-0.1, -0.05) is 5.16 Å². The Kier molecular flexibility index (Phi) is 4.05. The fraction of sp³-hybridized carbons (Fsp3) is 0.571. The normalized spacial score (nSPS) is 11.8. The first kappa shape index (κ1) is 11.2. The van der Waals surface area contributed by atoms with E-state index < -0.39 is 10.0 Å². The Hall–Kier alpha value is -0.920. The van der Waals surface area contributed by atoms with Crippen LogP contribution in [0.2, 0.25) is 0 Å². The van der Waals surface area contributed by atoms with Crippen molar-refractivity contribution in [3.05, 3.63) is 18.0 Å². The molecule has 0 radical (unpaired) electrons. The molecule has 0 aromatic carbocycles. The largest absolute Gasteiger partial charge is 0.364 e. The lowest BCUT2D eigenvalue weighted by molar-refractivity contribution is 0.418. The van der Waals surface area contributed by atoms with Crippen LogP contribution >= 0.6 is 0 Å². The van der Waals surface area contributed by atoms with Crippen LogP contribution in [0.4, 0.5) is 0 Å². The zero-order valence-corrected chi connectivity index (χ0v) is 8.67. The van der Waals surface area contributed by atoms with Crippen LogP contribution in [0.15, 0.2) is 17.0 Å². The van der Waals surface area contributed by atoms with E-state index in [0.717, 1.165) is 11.8 Å². The number of sulfonamides is 1. The van der Waals surface area contributed by atoms with Crippen molar-refractivity contribution in [2.75, 3.05) is 19.3 Å². The van der Waals surface area contributed by atoms with Gasteiger partial charge in [0.05, 0.1) is 12.5 Å². The maximum absolute atomic E-state index is 10.7. The molecule has 0 aliphatic heterocycles. The maximum atomic E-state index is 10.7. The van der Waals surface area contributed by atoms with Gasteiger partial charge in [0, 0.05) is 25.2 Å². The molecule has 0 bridgehead atoms. The molecule has 0 atom stereocenters. The quantitative estimate of drug-likeness (QED) is 0.619. The van der Waals surface area contributed by atoms with Crippen LogP contribution < -0.4 is 10.0 Å². The van der Waals surface area contributed by atoms with Gasteiger partial charge in [-0.15, -0.1) is 0 Å². The van der Waals surface area contributed by atoms with Gasteiger partial charge in [-0.3, -0.25) is 0 Å². The van der Waals surface area contributed by atoms with Crippen molar-refractivity contribution in [2.24, 2.45) is 0 Å². The standard InChI is InChI=1S/C7H13N3O3S/c1-14(11,12)10-3-2-8-4-7-5-9-13-6-7/h5-6,8,10H,2-4H2,1H3.